The summed E-state index contributed by atoms with van der Waals surface area (Å²) < 4.78 is 16.4. The molecule has 166 valence electrons. The van der Waals surface area contributed by atoms with Gasteiger partial charge >= 0.3 is 5.97 Å². The minimum atomic E-state index is -0.466. The van der Waals surface area contributed by atoms with Crippen molar-refractivity contribution in [3.63, 3.8) is 0 Å². The van der Waals surface area contributed by atoms with Crippen LogP contribution >= 0.6 is 0 Å². The fourth-order valence-electron chi connectivity index (χ4n) is 3.42. The molecule has 0 spiro atoms. The molecule has 0 saturated carbocycles. The third kappa shape index (κ3) is 5.27. The molecule has 6 nitrogen and oxygen atoms in total. The summed E-state index contributed by atoms with van der Waals surface area (Å²) in [5, 5.41) is 0. The molecule has 0 aliphatic rings. The third-order valence-corrected chi connectivity index (χ3v) is 5.02. The van der Waals surface area contributed by atoms with Crippen LogP contribution in [0.25, 0.3) is 6.08 Å². The summed E-state index contributed by atoms with van der Waals surface area (Å²) >= 11 is 0. The van der Waals surface area contributed by atoms with Gasteiger partial charge in [-0.05, 0) is 55.7 Å². The van der Waals surface area contributed by atoms with E-state index in [1.54, 1.807) is 34.0 Å². The van der Waals surface area contributed by atoms with Crippen molar-refractivity contribution in [2.45, 2.75) is 27.4 Å². The van der Waals surface area contributed by atoms with E-state index in [1.807, 2.05) is 48.5 Å². The van der Waals surface area contributed by atoms with Crippen LogP contribution in [0.15, 0.2) is 54.6 Å². The number of carbonyl (C=O) groups is 2. The van der Waals surface area contributed by atoms with E-state index in [0.717, 1.165) is 11.1 Å². The van der Waals surface area contributed by atoms with E-state index in [9.17, 15) is 9.59 Å². The lowest BCUT2D eigenvalue weighted by atomic mass is 10.0. The number of hydrogen-bond donors (Lipinski definition) is 1. The molecule has 2 aromatic carbocycles. The summed E-state index contributed by atoms with van der Waals surface area (Å²) in [5.41, 5.74) is 3.84. The predicted octanol–water partition coefficient (Wildman–Crippen LogP) is 5.29. The van der Waals surface area contributed by atoms with Gasteiger partial charge in [-0.2, -0.15) is 0 Å². The Labute approximate surface area is 187 Å². The summed E-state index contributed by atoms with van der Waals surface area (Å²) in [6, 6.07) is 15.4. The van der Waals surface area contributed by atoms with Crippen molar-refractivity contribution < 1.29 is 23.8 Å². The second-order valence-electron chi connectivity index (χ2n) is 7.23. The quantitative estimate of drug-likeness (QED) is 0.282. The van der Waals surface area contributed by atoms with Crippen molar-refractivity contribution in [1.82, 2.24) is 4.98 Å². The first-order chi connectivity index (χ1) is 15.4. The van der Waals surface area contributed by atoms with E-state index >= 15 is 0 Å². The molecule has 0 fully saturated rings. The molecule has 0 unspecified atom stereocenters. The summed E-state index contributed by atoms with van der Waals surface area (Å²) in [4.78, 5) is 27.9. The maximum atomic E-state index is 12.8. The van der Waals surface area contributed by atoms with E-state index in [0.29, 0.717) is 40.6 Å². The average Bonchev–Trinajstić information content (AvgIpc) is 3.11. The van der Waals surface area contributed by atoms with Crippen LogP contribution < -0.4 is 9.47 Å². The standard InChI is InChI=1S/C26H27NO5/c1-5-31-26(29)25-17(2)24(18(3)27-25)21(28)13-11-19-12-14-22(23(15-19)30-4)32-16-20-9-7-6-8-10-20/h6-15,27H,5,16H2,1-4H3. The summed E-state index contributed by atoms with van der Waals surface area (Å²) in [6.07, 6.45) is 3.19. The average molecular weight is 434 g/mol. The van der Waals surface area contributed by atoms with Crippen LogP contribution in [-0.2, 0) is 11.3 Å². The van der Waals surface area contributed by atoms with Crippen molar-refractivity contribution in [3.05, 3.63) is 88.2 Å². The highest BCUT2D eigenvalue weighted by Gasteiger charge is 2.21. The molecule has 0 radical (unpaired) electrons. The summed E-state index contributed by atoms with van der Waals surface area (Å²) in [5.74, 6) is 0.535. The topological polar surface area (TPSA) is 77.6 Å². The van der Waals surface area contributed by atoms with Crippen LogP contribution in [0.1, 0.15) is 50.2 Å². The van der Waals surface area contributed by atoms with Gasteiger partial charge in [0.1, 0.15) is 12.3 Å². The minimum Gasteiger partial charge on any atom is -0.493 e. The number of esters is 1. The van der Waals surface area contributed by atoms with Gasteiger partial charge in [-0.15, -0.1) is 0 Å². The number of ketones is 1. The zero-order valence-corrected chi connectivity index (χ0v) is 18.7. The van der Waals surface area contributed by atoms with Crippen molar-refractivity contribution in [1.29, 1.82) is 0 Å². The normalized spacial score (nSPS) is 10.9. The Hall–Kier alpha value is -3.80. The highest BCUT2D eigenvalue weighted by atomic mass is 16.5. The number of aryl methyl sites for hydroxylation is 1. The van der Waals surface area contributed by atoms with Crippen LogP contribution in [-0.4, -0.2) is 30.5 Å². The Morgan fingerprint density at radius 2 is 1.78 bits per heavy atom. The van der Waals surface area contributed by atoms with Gasteiger partial charge in [0, 0.05) is 11.3 Å². The number of ether oxygens (including phenoxy) is 3. The zero-order valence-electron chi connectivity index (χ0n) is 18.7. The fraction of sp³-hybridized carbons (Fsp3) is 0.231. The van der Waals surface area contributed by atoms with Gasteiger partial charge in [0.15, 0.2) is 17.3 Å². The Morgan fingerprint density at radius 3 is 2.47 bits per heavy atom. The van der Waals surface area contributed by atoms with Gasteiger partial charge in [-0.1, -0.05) is 42.5 Å². The predicted molar refractivity (Wildman–Crippen MR) is 123 cm³/mol. The Bertz CT molecular complexity index is 1130. The Morgan fingerprint density at radius 1 is 1.03 bits per heavy atom. The van der Waals surface area contributed by atoms with Gasteiger partial charge in [-0.25, -0.2) is 4.79 Å². The van der Waals surface area contributed by atoms with E-state index in [4.69, 9.17) is 14.2 Å². The van der Waals surface area contributed by atoms with Crippen molar-refractivity contribution >= 4 is 17.8 Å². The second kappa shape index (κ2) is 10.5. The lowest BCUT2D eigenvalue weighted by molar-refractivity contribution is 0.0519. The van der Waals surface area contributed by atoms with Gasteiger partial charge in [0.05, 0.1) is 13.7 Å². The molecule has 0 aliphatic heterocycles. The third-order valence-electron chi connectivity index (χ3n) is 5.02. The fourth-order valence-corrected chi connectivity index (χ4v) is 3.42. The molecular weight excluding hydrogens is 406 g/mol. The molecule has 0 bridgehead atoms. The molecule has 1 heterocycles. The van der Waals surface area contributed by atoms with Crippen LogP contribution in [0.3, 0.4) is 0 Å². The SMILES string of the molecule is CCOC(=O)c1[nH]c(C)c(C(=O)C=Cc2ccc(OCc3ccccc3)c(OC)c2)c1C. The number of aromatic nitrogens is 1. The molecule has 0 amide bonds. The first-order valence-electron chi connectivity index (χ1n) is 10.4. The Balaban J connectivity index is 1.75. The van der Waals surface area contributed by atoms with Crippen LogP contribution in [0, 0.1) is 13.8 Å². The number of H-pyrrole nitrogens is 1. The molecule has 6 heteroatoms. The molecule has 0 saturated heterocycles. The number of benzene rings is 2. The zero-order chi connectivity index (χ0) is 23.1. The number of methoxy groups -OCH3 is 1. The summed E-state index contributed by atoms with van der Waals surface area (Å²) in [7, 11) is 1.58. The first-order valence-corrected chi connectivity index (χ1v) is 10.4. The second-order valence-corrected chi connectivity index (χ2v) is 7.23. The summed E-state index contributed by atoms with van der Waals surface area (Å²) in [6.45, 7) is 5.94. The largest absolute Gasteiger partial charge is 0.493 e. The lowest BCUT2D eigenvalue weighted by Gasteiger charge is -2.11. The van der Waals surface area contributed by atoms with Crippen molar-refractivity contribution in [3.8, 4) is 11.5 Å². The number of carbonyl (C=O) groups excluding carboxylic acids is 2. The van der Waals surface area contributed by atoms with Gasteiger partial charge in [0.2, 0.25) is 0 Å². The first kappa shape index (κ1) is 22.9. The van der Waals surface area contributed by atoms with Crippen molar-refractivity contribution in [2.24, 2.45) is 0 Å². The molecule has 0 atom stereocenters. The molecule has 3 aromatic rings. The Kier molecular flexibility index (Phi) is 7.49. The smallest absolute Gasteiger partial charge is 0.355 e. The number of aromatic amines is 1. The molecular formula is C26H27NO5. The molecule has 32 heavy (non-hydrogen) atoms. The maximum absolute atomic E-state index is 12.8. The van der Waals surface area contributed by atoms with E-state index in [2.05, 4.69) is 4.98 Å². The van der Waals surface area contributed by atoms with Crippen LogP contribution in [0.5, 0.6) is 11.5 Å². The number of nitrogens with one attached hydrogen (secondary N) is 1. The van der Waals surface area contributed by atoms with Crippen molar-refractivity contribution in [2.75, 3.05) is 13.7 Å². The molecule has 1 aromatic heterocycles. The van der Waals surface area contributed by atoms with Gasteiger partial charge < -0.3 is 19.2 Å². The van der Waals surface area contributed by atoms with E-state index < -0.39 is 5.97 Å². The highest BCUT2D eigenvalue weighted by Crippen LogP contribution is 2.29. The molecule has 3 rings (SSSR count). The van der Waals surface area contributed by atoms with E-state index in [1.165, 1.54) is 6.08 Å². The lowest BCUT2D eigenvalue weighted by Crippen LogP contribution is -2.07. The highest BCUT2D eigenvalue weighted by molar-refractivity contribution is 6.10. The van der Waals surface area contributed by atoms with Gasteiger partial charge in [-0.3, -0.25) is 4.79 Å². The minimum absolute atomic E-state index is 0.199. The van der Waals surface area contributed by atoms with Gasteiger partial charge in [0.25, 0.3) is 0 Å². The number of rotatable bonds is 9. The number of hydrogen-bond acceptors (Lipinski definition) is 5. The monoisotopic (exact) mass is 433 g/mol. The number of allylic oxidation sites excluding steroid dienone is 1. The maximum Gasteiger partial charge on any atom is 0.355 e. The van der Waals surface area contributed by atoms with E-state index in [-0.39, 0.29) is 12.4 Å². The van der Waals surface area contributed by atoms with Crippen LogP contribution in [0.4, 0.5) is 0 Å². The van der Waals surface area contributed by atoms with Crippen LogP contribution in [0.2, 0.25) is 0 Å². The molecule has 1 N–H and O–H groups in total. The molecule has 0 aliphatic carbocycles.